The van der Waals surface area contributed by atoms with Crippen LogP contribution < -0.4 is 10.6 Å². The number of rotatable bonds is 4. The third kappa shape index (κ3) is 3.24. The Kier molecular flexibility index (Phi) is 4.76. The van der Waals surface area contributed by atoms with Gasteiger partial charge in [0.05, 0.1) is 23.1 Å². The SMILES string of the molecule is Cc1c(F)cccc1Nc1c(-c2ccnc3cnc(C(F)F)nc23)[nH]c2c1C(=O)NCC2. The Morgan fingerprint density at radius 1 is 1.19 bits per heavy atom. The molecule has 0 bridgehead atoms. The zero-order valence-corrected chi connectivity index (χ0v) is 16.8. The van der Waals surface area contributed by atoms with Crippen molar-refractivity contribution in [3.63, 3.8) is 0 Å². The molecule has 4 aromatic rings. The fourth-order valence-electron chi connectivity index (χ4n) is 3.84. The Hall–Kier alpha value is -3.95. The molecule has 3 aromatic heterocycles. The Balaban J connectivity index is 1.76. The van der Waals surface area contributed by atoms with Crippen LogP contribution in [0.25, 0.3) is 22.3 Å². The summed E-state index contributed by atoms with van der Waals surface area (Å²) in [6.07, 6.45) is 0.466. The molecule has 162 valence electrons. The first-order valence-corrected chi connectivity index (χ1v) is 9.89. The zero-order valence-electron chi connectivity index (χ0n) is 16.8. The van der Waals surface area contributed by atoms with Gasteiger partial charge >= 0.3 is 0 Å². The number of H-pyrrole nitrogens is 1. The number of benzene rings is 1. The van der Waals surface area contributed by atoms with Gasteiger partial charge in [0.15, 0.2) is 5.82 Å². The molecule has 1 aliphatic rings. The van der Waals surface area contributed by atoms with Crippen LogP contribution in [0.5, 0.6) is 0 Å². The van der Waals surface area contributed by atoms with E-state index in [0.29, 0.717) is 57.9 Å². The minimum absolute atomic E-state index is 0.218. The summed E-state index contributed by atoms with van der Waals surface area (Å²) in [5.41, 5.74) is 3.85. The fraction of sp³-hybridized carbons (Fsp3) is 0.182. The summed E-state index contributed by atoms with van der Waals surface area (Å²) in [7, 11) is 0. The summed E-state index contributed by atoms with van der Waals surface area (Å²) in [4.78, 5) is 27.8. The van der Waals surface area contributed by atoms with Crippen LogP contribution in [0.2, 0.25) is 0 Å². The number of carbonyl (C=O) groups is 1. The van der Waals surface area contributed by atoms with Gasteiger partial charge < -0.3 is 15.6 Å². The van der Waals surface area contributed by atoms with Crippen LogP contribution in [0.15, 0.2) is 36.7 Å². The highest BCUT2D eigenvalue weighted by atomic mass is 19.3. The molecular weight excluding hydrogens is 421 g/mol. The lowest BCUT2D eigenvalue weighted by molar-refractivity contribution is 0.0946. The molecule has 1 amide bonds. The third-order valence-electron chi connectivity index (χ3n) is 5.46. The maximum absolute atomic E-state index is 14.2. The molecule has 3 N–H and O–H groups in total. The van der Waals surface area contributed by atoms with Crippen LogP contribution in [0, 0.1) is 12.7 Å². The van der Waals surface area contributed by atoms with Gasteiger partial charge in [-0.2, -0.15) is 0 Å². The summed E-state index contributed by atoms with van der Waals surface area (Å²) >= 11 is 0. The van der Waals surface area contributed by atoms with Crippen LogP contribution in [0.3, 0.4) is 0 Å². The molecule has 0 saturated heterocycles. The van der Waals surface area contributed by atoms with Crippen molar-refractivity contribution in [3.8, 4) is 11.3 Å². The molecule has 7 nitrogen and oxygen atoms in total. The Labute approximate surface area is 180 Å². The van der Waals surface area contributed by atoms with E-state index in [9.17, 15) is 18.0 Å². The molecule has 10 heteroatoms. The topological polar surface area (TPSA) is 95.6 Å². The fourth-order valence-corrected chi connectivity index (χ4v) is 3.84. The second-order valence-corrected chi connectivity index (χ2v) is 7.39. The molecule has 0 radical (unpaired) electrons. The van der Waals surface area contributed by atoms with Crippen LogP contribution >= 0.6 is 0 Å². The molecule has 1 aromatic carbocycles. The predicted octanol–water partition coefficient (Wildman–Crippen LogP) is 4.43. The van der Waals surface area contributed by atoms with E-state index in [-0.39, 0.29) is 11.4 Å². The van der Waals surface area contributed by atoms with Crippen molar-refractivity contribution < 1.29 is 18.0 Å². The number of amides is 1. The van der Waals surface area contributed by atoms with Gasteiger partial charge in [-0.25, -0.2) is 23.1 Å². The quantitative estimate of drug-likeness (QED) is 0.438. The maximum Gasteiger partial charge on any atom is 0.297 e. The van der Waals surface area contributed by atoms with Crippen LogP contribution in [0.4, 0.5) is 24.5 Å². The molecule has 32 heavy (non-hydrogen) atoms. The Bertz CT molecular complexity index is 1370. The molecule has 4 heterocycles. The van der Waals surface area contributed by atoms with E-state index >= 15 is 0 Å². The van der Waals surface area contributed by atoms with Crippen LogP contribution in [-0.4, -0.2) is 32.4 Å². The van der Waals surface area contributed by atoms with Gasteiger partial charge in [0.1, 0.15) is 16.9 Å². The molecule has 0 aliphatic carbocycles. The van der Waals surface area contributed by atoms with E-state index < -0.39 is 18.1 Å². The standard InChI is InChI=1S/C22H17F3N6O/c1-10-12(23)3-2-4-13(10)29-19-16-14(6-8-27-22(16)32)30-18(19)11-5-7-26-15-9-28-21(20(24)25)31-17(11)15/h2-5,7,9,20,29-30H,6,8H2,1H3,(H,27,32). The number of anilines is 2. The summed E-state index contributed by atoms with van der Waals surface area (Å²) in [5, 5.41) is 5.98. The number of nitrogens with one attached hydrogen (secondary N) is 3. The Morgan fingerprint density at radius 3 is 2.84 bits per heavy atom. The number of carbonyl (C=O) groups excluding carboxylic acids is 1. The number of pyridine rings is 1. The van der Waals surface area contributed by atoms with Crippen molar-refractivity contribution in [3.05, 3.63) is 65.1 Å². The van der Waals surface area contributed by atoms with E-state index in [2.05, 4.69) is 30.6 Å². The van der Waals surface area contributed by atoms with Crippen molar-refractivity contribution >= 4 is 28.3 Å². The summed E-state index contributed by atoms with van der Waals surface area (Å²) in [6, 6.07) is 6.24. The minimum Gasteiger partial charge on any atom is -0.356 e. The molecule has 0 spiro atoms. The highest BCUT2D eigenvalue weighted by Crippen LogP contribution is 2.39. The van der Waals surface area contributed by atoms with E-state index in [1.165, 1.54) is 18.5 Å². The number of fused-ring (bicyclic) bond motifs is 2. The third-order valence-corrected chi connectivity index (χ3v) is 5.46. The first-order valence-electron chi connectivity index (χ1n) is 9.89. The van der Waals surface area contributed by atoms with E-state index in [0.717, 1.165) is 0 Å². The predicted molar refractivity (Wildman–Crippen MR) is 113 cm³/mol. The van der Waals surface area contributed by atoms with Gasteiger partial charge in [0, 0.05) is 41.7 Å². The normalized spacial score (nSPS) is 13.3. The molecule has 0 fully saturated rings. The van der Waals surface area contributed by atoms with Gasteiger partial charge in [-0.3, -0.25) is 9.78 Å². The van der Waals surface area contributed by atoms with Gasteiger partial charge in [0.2, 0.25) is 0 Å². The smallest absolute Gasteiger partial charge is 0.297 e. The number of aromatic nitrogens is 4. The van der Waals surface area contributed by atoms with Crippen LogP contribution in [0.1, 0.15) is 33.9 Å². The summed E-state index contributed by atoms with van der Waals surface area (Å²) in [6.45, 7) is 2.08. The lowest BCUT2D eigenvalue weighted by Crippen LogP contribution is -2.31. The van der Waals surface area contributed by atoms with Gasteiger partial charge in [-0.1, -0.05) is 6.07 Å². The lowest BCUT2D eigenvalue weighted by atomic mass is 10.0. The maximum atomic E-state index is 14.2. The van der Waals surface area contributed by atoms with E-state index in [1.54, 1.807) is 25.1 Å². The zero-order chi connectivity index (χ0) is 22.4. The minimum atomic E-state index is -2.84. The average molecular weight is 438 g/mol. The number of aromatic amines is 1. The number of nitrogens with zero attached hydrogens (tertiary/aromatic N) is 3. The monoisotopic (exact) mass is 438 g/mol. The molecule has 0 saturated carbocycles. The highest BCUT2D eigenvalue weighted by Gasteiger charge is 2.28. The van der Waals surface area contributed by atoms with Crippen molar-refractivity contribution in [1.29, 1.82) is 0 Å². The second-order valence-electron chi connectivity index (χ2n) is 7.39. The number of alkyl halides is 2. The van der Waals surface area contributed by atoms with E-state index in [4.69, 9.17) is 0 Å². The number of halogens is 3. The van der Waals surface area contributed by atoms with Crippen molar-refractivity contribution in [2.45, 2.75) is 19.8 Å². The first-order chi connectivity index (χ1) is 15.4. The van der Waals surface area contributed by atoms with Crippen molar-refractivity contribution in [2.24, 2.45) is 0 Å². The lowest BCUT2D eigenvalue weighted by Gasteiger charge is -2.16. The van der Waals surface area contributed by atoms with Crippen LogP contribution in [-0.2, 0) is 6.42 Å². The molecule has 1 aliphatic heterocycles. The molecule has 0 atom stereocenters. The summed E-state index contributed by atoms with van der Waals surface area (Å²) < 4.78 is 40.7. The van der Waals surface area contributed by atoms with Gasteiger partial charge in [-0.05, 0) is 25.1 Å². The van der Waals surface area contributed by atoms with Crippen molar-refractivity contribution in [1.82, 2.24) is 25.3 Å². The van der Waals surface area contributed by atoms with Gasteiger partial charge in [0.25, 0.3) is 12.3 Å². The molecular formula is C22H17F3N6O. The van der Waals surface area contributed by atoms with Gasteiger partial charge in [-0.15, -0.1) is 0 Å². The van der Waals surface area contributed by atoms with Crippen molar-refractivity contribution in [2.75, 3.05) is 11.9 Å². The number of hydrogen-bond donors (Lipinski definition) is 3. The molecule has 0 unspecified atom stereocenters. The highest BCUT2D eigenvalue weighted by molar-refractivity contribution is 6.08. The second kappa shape index (κ2) is 7.63. The molecule has 5 rings (SSSR count). The average Bonchev–Trinajstić information content (AvgIpc) is 3.15. The summed E-state index contributed by atoms with van der Waals surface area (Å²) in [5.74, 6) is -1.29. The largest absolute Gasteiger partial charge is 0.356 e. The first kappa shape index (κ1) is 20.0. The Morgan fingerprint density at radius 2 is 2.03 bits per heavy atom. The number of hydrogen-bond acceptors (Lipinski definition) is 5. The van der Waals surface area contributed by atoms with E-state index in [1.807, 2.05) is 0 Å².